The van der Waals surface area contributed by atoms with Gasteiger partial charge < -0.3 is 48.7 Å². The van der Waals surface area contributed by atoms with Crippen LogP contribution in [0.3, 0.4) is 0 Å². The molecule has 0 aliphatic carbocycles. The molecule has 1 rings (SSSR count). The van der Waals surface area contributed by atoms with Crippen LogP contribution in [0.2, 0.25) is 0 Å². The van der Waals surface area contributed by atoms with Crippen molar-refractivity contribution in [1.29, 1.82) is 0 Å². The molecule has 240 valence electrons. The molecule has 0 unspecified atom stereocenters. The maximum Gasteiger partial charge on any atom is 0.326 e. The minimum Gasteiger partial charge on any atom is -0.508 e. The molecule has 5 atom stereocenters. The molecular formula is C27H44N8O7S. The van der Waals surface area contributed by atoms with E-state index in [0.29, 0.717) is 5.56 Å². The summed E-state index contributed by atoms with van der Waals surface area (Å²) in [4.78, 5) is 66.9. The highest BCUT2D eigenvalue weighted by Crippen LogP contribution is 2.11. The third-order valence-corrected chi connectivity index (χ3v) is 6.56. The van der Waals surface area contributed by atoms with Crippen LogP contribution in [-0.2, 0) is 30.4 Å². The van der Waals surface area contributed by atoms with Crippen LogP contribution in [0.25, 0.3) is 0 Å². The lowest BCUT2D eigenvalue weighted by atomic mass is 10.0. The van der Waals surface area contributed by atoms with Gasteiger partial charge in [0.1, 0.15) is 29.9 Å². The fourth-order valence-corrected chi connectivity index (χ4v) is 4.12. The number of guanidine groups is 1. The molecule has 1 aromatic carbocycles. The Labute approximate surface area is 256 Å². The Hall–Kier alpha value is -4.05. The molecule has 0 aliphatic rings. The lowest BCUT2D eigenvalue weighted by Gasteiger charge is -2.25. The Bertz CT molecular complexity index is 1130. The lowest BCUT2D eigenvalue weighted by Crippen LogP contribution is -2.58. The van der Waals surface area contributed by atoms with E-state index in [1.54, 1.807) is 12.1 Å². The Morgan fingerprint density at radius 1 is 0.860 bits per heavy atom. The van der Waals surface area contributed by atoms with Crippen LogP contribution < -0.4 is 38.5 Å². The molecule has 0 bridgehead atoms. The topological polar surface area (TPSA) is 264 Å². The van der Waals surface area contributed by atoms with Gasteiger partial charge in [-0.1, -0.05) is 26.0 Å². The number of phenolic OH excluding ortho intramolecular Hbond substituents is 1. The average molecular weight is 625 g/mol. The smallest absolute Gasteiger partial charge is 0.326 e. The maximum atomic E-state index is 13.1. The molecule has 0 aliphatic heterocycles. The molecule has 16 heteroatoms. The van der Waals surface area contributed by atoms with Gasteiger partial charge in [-0.3, -0.25) is 24.2 Å². The summed E-state index contributed by atoms with van der Waals surface area (Å²) in [6, 6.07) is 0.568. The number of rotatable bonds is 18. The number of nitrogens with one attached hydrogen (secondary N) is 4. The van der Waals surface area contributed by atoms with E-state index in [1.807, 2.05) is 13.8 Å². The van der Waals surface area contributed by atoms with Crippen molar-refractivity contribution in [1.82, 2.24) is 21.3 Å². The molecular weight excluding hydrogens is 580 g/mol. The number of hydrogen-bond donors (Lipinski definition) is 10. The van der Waals surface area contributed by atoms with Crippen molar-refractivity contribution in [2.75, 3.05) is 12.3 Å². The Kier molecular flexibility index (Phi) is 15.9. The van der Waals surface area contributed by atoms with Crippen molar-refractivity contribution in [3.63, 3.8) is 0 Å². The number of nitrogens with zero attached hydrogens (tertiary/aromatic N) is 1. The van der Waals surface area contributed by atoms with Gasteiger partial charge in [-0.25, -0.2) is 4.79 Å². The fourth-order valence-electron chi connectivity index (χ4n) is 3.87. The molecule has 12 N–H and O–H groups in total. The van der Waals surface area contributed by atoms with Crippen molar-refractivity contribution < 1.29 is 34.2 Å². The number of carbonyl (C=O) groups is 5. The minimum absolute atomic E-state index is 0.00117. The summed E-state index contributed by atoms with van der Waals surface area (Å²) in [5.74, 6) is -4.18. The third-order valence-electron chi connectivity index (χ3n) is 6.20. The predicted molar refractivity (Wildman–Crippen MR) is 164 cm³/mol. The average Bonchev–Trinajstić information content (AvgIpc) is 2.93. The molecule has 0 saturated carbocycles. The van der Waals surface area contributed by atoms with Gasteiger partial charge in [0.05, 0.1) is 6.04 Å². The highest BCUT2D eigenvalue weighted by molar-refractivity contribution is 7.80. The molecule has 0 saturated heterocycles. The zero-order valence-electron chi connectivity index (χ0n) is 24.6. The highest BCUT2D eigenvalue weighted by Gasteiger charge is 2.30. The second-order valence-corrected chi connectivity index (χ2v) is 10.9. The zero-order chi connectivity index (χ0) is 32.7. The molecule has 4 amide bonds. The first-order chi connectivity index (χ1) is 20.1. The highest BCUT2D eigenvalue weighted by atomic mass is 32.1. The summed E-state index contributed by atoms with van der Waals surface area (Å²) < 4.78 is 0. The molecule has 0 spiro atoms. The summed E-state index contributed by atoms with van der Waals surface area (Å²) >= 11 is 4.15. The van der Waals surface area contributed by atoms with Crippen LogP contribution >= 0.6 is 12.6 Å². The molecule has 0 radical (unpaired) electrons. The van der Waals surface area contributed by atoms with Gasteiger partial charge in [-0.15, -0.1) is 0 Å². The van der Waals surface area contributed by atoms with E-state index in [1.165, 1.54) is 19.1 Å². The number of aliphatic imine (C=N–C) groups is 1. The molecule has 0 heterocycles. The van der Waals surface area contributed by atoms with Gasteiger partial charge in [-0.05, 0) is 56.2 Å². The van der Waals surface area contributed by atoms with E-state index in [4.69, 9.17) is 17.2 Å². The normalized spacial score (nSPS) is 14.4. The van der Waals surface area contributed by atoms with E-state index < -0.39 is 59.8 Å². The number of aromatic hydroxyl groups is 1. The fraction of sp³-hybridized carbons (Fsp3) is 0.556. The summed E-state index contributed by atoms with van der Waals surface area (Å²) in [5.41, 5.74) is 17.4. The van der Waals surface area contributed by atoms with Gasteiger partial charge in [0.2, 0.25) is 23.6 Å². The second kappa shape index (κ2) is 18.5. The number of aliphatic carboxylic acids is 1. The van der Waals surface area contributed by atoms with E-state index >= 15 is 0 Å². The monoisotopic (exact) mass is 624 g/mol. The Morgan fingerprint density at radius 2 is 1.42 bits per heavy atom. The predicted octanol–water partition coefficient (Wildman–Crippen LogP) is -1.66. The summed E-state index contributed by atoms with van der Waals surface area (Å²) in [5, 5.41) is 28.8. The van der Waals surface area contributed by atoms with Crippen LogP contribution in [0.1, 0.15) is 45.6 Å². The van der Waals surface area contributed by atoms with Crippen molar-refractivity contribution in [2.45, 2.75) is 76.7 Å². The Balaban J connectivity index is 2.92. The van der Waals surface area contributed by atoms with Gasteiger partial charge in [0, 0.05) is 12.3 Å². The molecule has 0 fully saturated rings. The van der Waals surface area contributed by atoms with Gasteiger partial charge in [-0.2, -0.15) is 12.6 Å². The van der Waals surface area contributed by atoms with Crippen LogP contribution in [0, 0.1) is 5.92 Å². The van der Waals surface area contributed by atoms with Crippen molar-refractivity contribution in [3.8, 4) is 5.75 Å². The number of thiol groups is 1. The van der Waals surface area contributed by atoms with Crippen molar-refractivity contribution >= 4 is 48.2 Å². The van der Waals surface area contributed by atoms with Crippen molar-refractivity contribution in [3.05, 3.63) is 29.8 Å². The Morgan fingerprint density at radius 3 is 1.95 bits per heavy atom. The van der Waals surface area contributed by atoms with Crippen LogP contribution in [-0.4, -0.2) is 88.3 Å². The number of carboxylic acid groups (broad SMARTS) is 1. The SMILES string of the molecule is CC(C)C[C@H](NC(=O)[C@H](C)NC(=O)[C@H](CCCN=C(N)N)NC(=O)[C@H](CS)NC(=O)[C@@H](N)Cc1ccc(O)cc1)C(=O)O. The maximum absolute atomic E-state index is 13.1. The van der Waals surface area contributed by atoms with E-state index in [2.05, 4.69) is 38.9 Å². The van der Waals surface area contributed by atoms with E-state index in [0.717, 1.165) is 0 Å². The standard InChI is InChI=1S/C27H44N8O7S/c1-14(2)11-20(26(41)42)34-22(37)15(3)32-24(39)19(5-4-10-31-27(29)30)33-25(40)21(13-43)35-23(38)18(28)12-16-6-8-17(36)9-7-16/h6-9,14-15,18-21,36,43H,4-5,10-13,28H2,1-3H3,(H,32,39)(H,33,40)(H,34,37)(H,35,38)(H,41,42)(H4,29,30,31)/t15-,18-,19-,20-,21-/m0/s1. The van der Waals surface area contributed by atoms with Crippen LogP contribution in [0.5, 0.6) is 5.75 Å². The van der Waals surface area contributed by atoms with E-state index in [-0.39, 0.29) is 55.6 Å². The van der Waals surface area contributed by atoms with Gasteiger partial charge in [0.15, 0.2) is 5.96 Å². The molecule has 43 heavy (non-hydrogen) atoms. The molecule has 1 aromatic rings. The van der Waals surface area contributed by atoms with Gasteiger partial charge >= 0.3 is 5.97 Å². The number of amides is 4. The third kappa shape index (κ3) is 14.1. The molecule has 0 aromatic heterocycles. The quantitative estimate of drug-likeness (QED) is 0.0384. The summed E-state index contributed by atoms with van der Waals surface area (Å²) in [6.07, 6.45) is 0.687. The second-order valence-electron chi connectivity index (χ2n) is 10.5. The summed E-state index contributed by atoms with van der Waals surface area (Å²) in [6.45, 7) is 5.16. The minimum atomic E-state index is -1.20. The number of hydrogen-bond acceptors (Lipinski definition) is 9. The van der Waals surface area contributed by atoms with Gasteiger partial charge in [0.25, 0.3) is 0 Å². The zero-order valence-corrected chi connectivity index (χ0v) is 25.5. The van der Waals surface area contributed by atoms with Crippen LogP contribution in [0.4, 0.5) is 0 Å². The number of nitrogens with two attached hydrogens (primary N) is 3. The first kappa shape index (κ1) is 37.0. The van der Waals surface area contributed by atoms with Crippen molar-refractivity contribution in [2.24, 2.45) is 28.1 Å². The number of phenols is 1. The number of carboxylic acids is 1. The first-order valence-corrected chi connectivity index (χ1v) is 14.4. The van der Waals surface area contributed by atoms with E-state index in [9.17, 15) is 34.2 Å². The number of carbonyl (C=O) groups excluding carboxylic acids is 4. The number of benzene rings is 1. The summed E-state index contributed by atoms with van der Waals surface area (Å²) in [7, 11) is 0. The molecule has 15 nitrogen and oxygen atoms in total. The lowest BCUT2D eigenvalue weighted by molar-refractivity contribution is -0.142. The van der Waals surface area contributed by atoms with Crippen LogP contribution in [0.15, 0.2) is 29.3 Å². The largest absolute Gasteiger partial charge is 0.508 e. The first-order valence-electron chi connectivity index (χ1n) is 13.8.